The van der Waals surface area contributed by atoms with Gasteiger partial charge in [0.2, 0.25) is 11.6 Å². The van der Waals surface area contributed by atoms with Gasteiger partial charge < -0.3 is 14.2 Å². The Balaban J connectivity index is 1.73. The molecule has 4 rings (SSSR count). The van der Waals surface area contributed by atoms with E-state index in [-0.39, 0.29) is 6.79 Å². The Labute approximate surface area is 165 Å². The maximum Gasteiger partial charge on any atom is 0.231 e. The van der Waals surface area contributed by atoms with Crippen LogP contribution in [0.3, 0.4) is 0 Å². The first kappa shape index (κ1) is 17.6. The summed E-state index contributed by atoms with van der Waals surface area (Å²) in [6.45, 7) is 2.62. The number of ether oxygens (including phenoxy) is 3. The van der Waals surface area contributed by atoms with Crippen LogP contribution in [0.1, 0.15) is 12.5 Å². The van der Waals surface area contributed by atoms with E-state index >= 15 is 0 Å². The topological polar surface area (TPSA) is 73.7 Å². The number of H-pyrrole nitrogens is 1. The van der Waals surface area contributed by atoms with E-state index in [1.807, 2.05) is 31.2 Å². The molecule has 0 amide bonds. The molecule has 2 aromatic carbocycles. The summed E-state index contributed by atoms with van der Waals surface area (Å²) < 4.78 is 18.3. The molecule has 7 nitrogen and oxygen atoms in total. The van der Waals surface area contributed by atoms with Gasteiger partial charge in [0.05, 0.1) is 23.4 Å². The second-order valence-corrected chi connectivity index (χ2v) is 6.37. The van der Waals surface area contributed by atoms with Gasteiger partial charge in [0.15, 0.2) is 17.3 Å². The highest BCUT2D eigenvalue weighted by Crippen LogP contribution is 2.39. The first-order valence-electron chi connectivity index (χ1n) is 8.20. The fraction of sp³-hybridized carbons (Fsp3) is 0.167. The quantitative estimate of drug-likeness (QED) is 0.509. The van der Waals surface area contributed by atoms with E-state index in [0.717, 1.165) is 11.1 Å². The van der Waals surface area contributed by atoms with Crippen LogP contribution in [0.4, 0.5) is 0 Å². The SMILES string of the molecule is CCOc1ccccc1-c1n[nH]c(=S)n1/N=C\c1cc(Cl)c2c(c1)OCO2. The highest BCUT2D eigenvalue weighted by atomic mass is 35.5. The average molecular weight is 403 g/mol. The number of nitrogens with zero attached hydrogens (tertiary/aromatic N) is 3. The van der Waals surface area contributed by atoms with Gasteiger partial charge in [0.1, 0.15) is 5.75 Å². The smallest absolute Gasteiger partial charge is 0.231 e. The van der Waals surface area contributed by atoms with Crippen molar-refractivity contribution in [2.24, 2.45) is 5.10 Å². The standard InChI is InChI=1S/C18H15ClN4O3S/c1-2-24-14-6-4-3-5-12(14)17-21-22-18(27)23(17)20-9-11-7-13(19)16-15(8-11)25-10-26-16/h3-9H,2,10H2,1H3,(H,22,27)/b20-9-. The third-order valence-corrected chi connectivity index (χ3v) is 4.40. The third-order valence-electron chi connectivity index (χ3n) is 3.85. The van der Waals surface area contributed by atoms with Crippen molar-refractivity contribution in [1.29, 1.82) is 0 Å². The summed E-state index contributed by atoms with van der Waals surface area (Å²) >= 11 is 11.5. The lowest BCUT2D eigenvalue weighted by Crippen LogP contribution is -1.99. The summed E-state index contributed by atoms with van der Waals surface area (Å²) in [7, 11) is 0. The normalized spacial score (nSPS) is 12.7. The molecular formula is C18H15ClN4O3S. The fourth-order valence-corrected chi connectivity index (χ4v) is 3.15. The van der Waals surface area contributed by atoms with Gasteiger partial charge in [-0.3, -0.25) is 0 Å². The Morgan fingerprint density at radius 3 is 3.07 bits per heavy atom. The molecule has 0 saturated carbocycles. The number of hydrogen-bond acceptors (Lipinski definition) is 6. The number of nitrogens with one attached hydrogen (secondary N) is 1. The molecule has 1 aromatic heterocycles. The summed E-state index contributed by atoms with van der Waals surface area (Å²) in [5, 5.41) is 12.0. The lowest BCUT2D eigenvalue weighted by atomic mass is 10.2. The van der Waals surface area contributed by atoms with Crippen molar-refractivity contribution in [3.05, 3.63) is 51.8 Å². The number of aromatic nitrogens is 3. The number of halogens is 1. The molecule has 0 radical (unpaired) electrons. The summed E-state index contributed by atoms with van der Waals surface area (Å²) in [4.78, 5) is 0. The lowest BCUT2D eigenvalue weighted by molar-refractivity contribution is 0.174. The second-order valence-electron chi connectivity index (χ2n) is 5.57. The predicted molar refractivity (Wildman–Crippen MR) is 105 cm³/mol. The third kappa shape index (κ3) is 3.41. The van der Waals surface area contributed by atoms with Crippen LogP contribution in [-0.2, 0) is 0 Å². The van der Waals surface area contributed by atoms with Crippen molar-refractivity contribution in [2.75, 3.05) is 13.4 Å². The molecule has 138 valence electrons. The van der Waals surface area contributed by atoms with Crippen LogP contribution in [0.5, 0.6) is 17.2 Å². The number of fused-ring (bicyclic) bond motifs is 1. The predicted octanol–water partition coefficient (Wildman–Crippen LogP) is 4.27. The monoisotopic (exact) mass is 402 g/mol. The van der Waals surface area contributed by atoms with Gasteiger partial charge >= 0.3 is 0 Å². The largest absolute Gasteiger partial charge is 0.493 e. The van der Waals surface area contributed by atoms with Crippen molar-refractivity contribution in [2.45, 2.75) is 6.92 Å². The molecule has 0 fully saturated rings. The lowest BCUT2D eigenvalue weighted by Gasteiger charge is -2.08. The zero-order chi connectivity index (χ0) is 18.8. The van der Waals surface area contributed by atoms with Gasteiger partial charge in [-0.2, -0.15) is 14.9 Å². The average Bonchev–Trinajstić information content (AvgIpc) is 3.28. The number of hydrogen-bond donors (Lipinski definition) is 1. The first-order chi connectivity index (χ1) is 13.2. The minimum absolute atomic E-state index is 0.154. The summed E-state index contributed by atoms with van der Waals surface area (Å²) in [5.41, 5.74) is 1.53. The van der Waals surface area contributed by atoms with Gasteiger partial charge in [-0.15, -0.1) is 0 Å². The van der Waals surface area contributed by atoms with Crippen LogP contribution in [0, 0.1) is 4.77 Å². The van der Waals surface area contributed by atoms with Gasteiger partial charge in [-0.25, -0.2) is 5.10 Å². The summed E-state index contributed by atoms with van der Waals surface area (Å²) in [6.07, 6.45) is 1.63. The van der Waals surface area contributed by atoms with Gasteiger partial charge in [0.25, 0.3) is 0 Å². The van der Waals surface area contributed by atoms with E-state index in [9.17, 15) is 0 Å². The van der Waals surface area contributed by atoms with Crippen LogP contribution in [0.15, 0.2) is 41.5 Å². The molecule has 1 aliphatic heterocycles. The number of aromatic amines is 1. The first-order valence-corrected chi connectivity index (χ1v) is 8.99. The van der Waals surface area contributed by atoms with Crippen LogP contribution < -0.4 is 14.2 Å². The summed E-state index contributed by atoms with van der Waals surface area (Å²) in [6, 6.07) is 11.1. The van der Waals surface area contributed by atoms with Crippen molar-refractivity contribution < 1.29 is 14.2 Å². The van der Waals surface area contributed by atoms with Crippen molar-refractivity contribution in [1.82, 2.24) is 14.9 Å². The van der Waals surface area contributed by atoms with Crippen molar-refractivity contribution in [3.63, 3.8) is 0 Å². The molecule has 1 N–H and O–H groups in total. The van der Waals surface area contributed by atoms with E-state index in [0.29, 0.717) is 39.5 Å². The molecule has 9 heteroatoms. The molecular weight excluding hydrogens is 388 g/mol. The van der Waals surface area contributed by atoms with E-state index in [1.165, 1.54) is 4.68 Å². The molecule has 1 aliphatic rings. The van der Waals surface area contributed by atoms with Crippen LogP contribution in [0.25, 0.3) is 11.4 Å². The maximum absolute atomic E-state index is 6.22. The van der Waals surface area contributed by atoms with Crippen molar-refractivity contribution >= 4 is 30.0 Å². The minimum atomic E-state index is 0.154. The molecule has 0 bridgehead atoms. The molecule has 0 saturated heterocycles. The molecule has 27 heavy (non-hydrogen) atoms. The zero-order valence-electron chi connectivity index (χ0n) is 14.3. The van der Waals surface area contributed by atoms with E-state index in [4.69, 9.17) is 38.0 Å². The molecule has 3 aromatic rings. The molecule has 0 unspecified atom stereocenters. The molecule has 0 atom stereocenters. The number of para-hydroxylation sites is 1. The van der Waals surface area contributed by atoms with Crippen molar-refractivity contribution in [3.8, 4) is 28.6 Å². The number of rotatable bonds is 5. The zero-order valence-corrected chi connectivity index (χ0v) is 15.9. The minimum Gasteiger partial charge on any atom is -0.493 e. The Kier molecular flexibility index (Phi) is 4.83. The van der Waals surface area contributed by atoms with E-state index in [2.05, 4.69) is 15.3 Å². The van der Waals surface area contributed by atoms with Gasteiger partial charge in [-0.1, -0.05) is 23.7 Å². The van der Waals surface area contributed by atoms with E-state index < -0.39 is 0 Å². The van der Waals surface area contributed by atoms with Gasteiger partial charge in [0, 0.05) is 0 Å². The Bertz CT molecular complexity index is 1080. The fourth-order valence-electron chi connectivity index (χ4n) is 2.69. The Hall–Kier alpha value is -2.84. The maximum atomic E-state index is 6.22. The Morgan fingerprint density at radius 2 is 2.22 bits per heavy atom. The van der Waals surface area contributed by atoms with Gasteiger partial charge in [-0.05, 0) is 49.0 Å². The Morgan fingerprint density at radius 1 is 1.37 bits per heavy atom. The van der Waals surface area contributed by atoms with E-state index in [1.54, 1.807) is 18.3 Å². The highest BCUT2D eigenvalue weighted by molar-refractivity contribution is 7.71. The molecule has 2 heterocycles. The number of benzene rings is 2. The van der Waals surface area contributed by atoms with Crippen LogP contribution >= 0.6 is 23.8 Å². The van der Waals surface area contributed by atoms with Crippen LogP contribution in [-0.4, -0.2) is 34.5 Å². The van der Waals surface area contributed by atoms with Crippen LogP contribution in [0.2, 0.25) is 5.02 Å². The molecule has 0 spiro atoms. The highest BCUT2D eigenvalue weighted by Gasteiger charge is 2.18. The summed E-state index contributed by atoms with van der Waals surface area (Å²) in [5.74, 6) is 2.38. The second kappa shape index (κ2) is 7.42. The molecule has 0 aliphatic carbocycles.